The molecule has 0 aliphatic rings. The van der Waals surface area contributed by atoms with E-state index in [2.05, 4.69) is 15.5 Å². The fourth-order valence-corrected chi connectivity index (χ4v) is 3.03. The van der Waals surface area contributed by atoms with E-state index in [1.54, 1.807) is 13.8 Å². The van der Waals surface area contributed by atoms with Crippen LogP contribution in [0.4, 0.5) is 5.88 Å². The van der Waals surface area contributed by atoms with Gasteiger partial charge in [-0.05, 0) is 38.6 Å². The number of rotatable bonds is 5. The zero-order valence-electron chi connectivity index (χ0n) is 14.7. The second-order valence-corrected chi connectivity index (χ2v) is 6.66. The quantitative estimate of drug-likeness (QED) is 0.716. The number of fused-ring (bicyclic) bond motifs is 1. The van der Waals surface area contributed by atoms with Crippen LogP contribution < -0.4 is 10.9 Å². The highest BCUT2D eigenvalue weighted by Crippen LogP contribution is 2.28. The van der Waals surface area contributed by atoms with Gasteiger partial charge in [-0.15, -0.1) is 0 Å². The van der Waals surface area contributed by atoms with Crippen LogP contribution >= 0.6 is 11.6 Å². The number of amides is 1. The molecule has 3 aromatic rings. The lowest BCUT2D eigenvalue weighted by Gasteiger charge is -2.16. The van der Waals surface area contributed by atoms with Gasteiger partial charge in [-0.25, -0.2) is 5.10 Å². The minimum absolute atomic E-state index is 0.145. The van der Waals surface area contributed by atoms with E-state index in [9.17, 15) is 9.59 Å². The van der Waals surface area contributed by atoms with E-state index in [-0.39, 0.29) is 18.3 Å². The number of carbonyl (C=O) groups is 1. The molecule has 0 atom stereocenters. The molecule has 0 fully saturated rings. The molecular formula is C18H19ClN4O3. The van der Waals surface area contributed by atoms with Gasteiger partial charge in [0.15, 0.2) is 0 Å². The molecule has 136 valence electrons. The topological polar surface area (TPSA) is 91.2 Å². The number of hydrogen-bond donors (Lipinski definition) is 2. The van der Waals surface area contributed by atoms with Crippen LogP contribution in [-0.2, 0) is 11.3 Å². The Morgan fingerprint density at radius 3 is 2.65 bits per heavy atom. The number of anilines is 1. The normalized spacial score (nSPS) is 11.3. The van der Waals surface area contributed by atoms with Crippen LogP contribution in [-0.4, -0.2) is 34.6 Å². The lowest BCUT2D eigenvalue weighted by Crippen LogP contribution is -2.30. The number of carbonyl (C=O) groups excluding carboxylic acids is 1. The third-order valence-electron chi connectivity index (χ3n) is 4.03. The molecule has 2 aromatic heterocycles. The maximum absolute atomic E-state index is 12.4. The summed E-state index contributed by atoms with van der Waals surface area (Å²) in [5.74, 6) is 0.418. The Bertz CT molecular complexity index is 1010. The minimum atomic E-state index is -0.396. The van der Waals surface area contributed by atoms with Crippen molar-refractivity contribution in [2.75, 3.05) is 18.9 Å². The van der Waals surface area contributed by atoms with Gasteiger partial charge >= 0.3 is 0 Å². The Morgan fingerprint density at radius 1 is 1.27 bits per heavy atom. The summed E-state index contributed by atoms with van der Waals surface area (Å²) in [6.07, 6.45) is 0. The third-order valence-corrected chi connectivity index (χ3v) is 4.28. The van der Waals surface area contributed by atoms with E-state index in [0.29, 0.717) is 33.8 Å². The van der Waals surface area contributed by atoms with Crippen molar-refractivity contribution in [1.29, 1.82) is 0 Å². The Labute approximate surface area is 154 Å². The van der Waals surface area contributed by atoms with E-state index in [1.807, 2.05) is 36.2 Å². The van der Waals surface area contributed by atoms with Crippen molar-refractivity contribution in [1.82, 2.24) is 15.1 Å². The first-order chi connectivity index (χ1) is 12.3. The Kier molecular flexibility index (Phi) is 5.11. The lowest BCUT2D eigenvalue weighted by atomic mass is 10.2. The molecule has 8 heteroatoms. The molecular weight excluding hydrogens is 356 g/mol. The Hall–Kier alpha value is -2.64. The van der Waals surface area contributed by atoms with Gasteiger partial charge in [0.05, 0.1) is 17.6 Å². The summed E-state index contributed by atoms with van der Waals surface area (Å²) in [6, 6.07) is 7.45. The zero-order chi connectivity index (χ0) is 18.8. The van der Waals surface area contributed by atoms with Crippen LogP contribution in [0.5, 0.6) is 0 Å². The van der Waals surface area contributed by atoms with Gasteiger partial charge in [-0.2, -0.15) is 5.10 Å². The minimum Gasteiger partial charge on any atom is -0.444 e. The SMILES string of the molecule is Cc1n[nH]c(=O)c2c(NC(=O)CN(C)Cc3ccc(Cl)cc3)oc(C)c12. The molecule has 1 amide bonds. The summed E-state index contributed by atoms with van der Waals surface area (Å²) in [4.78, 5) is 26.3. The average molecular weight is 375 g/mol. The summed E-state index contributed by atoms with van der Waals surface area (Å²) in [5, 5.41) is 10.6. The van der Waals surface area contributed by atoms with Gasteiger partial charge in [0.1, 0.15) is 11.1 Å². The predicted molar refractivity (Wildman–Crippen MR) is 101 cm³/mol. The van der Waals surface area contributed by atoms with Crippen molar-refractivity contribution in [3.05, 3.63) is 56.7 Å². The largest absolute Gasteiger partial charge is 0.444 e. The van der Waals surface area contributed by atoms with Crippen molar-refractivity contribution in [2.24, 2.45) is 0 Å². The van der Waals surface area contributed by atoms with Crippen LogP contribution in [0.2, 0.25) is 5.02 Å². The molecule has 7 nitrogen and oxygen atoms in total. The van der Waals surface area contributed by atoms with Gasteiger partial charge in [0.2, 0.25) is 11.8 Å². The maximum atomic E-state index is 12.4. The Morgan fingerprint density at radius 2 is 1.96 bits per heavy atom. The third kappa shape index (κ3) is 3.79. The number of nitrogens with zero attached hydrogens (tertiary/aromatic N) is 2. The highest BCUT2D eigenvalue weighted by Gasteiger charge is 2.19. The van der Waals surface area contributed by atoms with Gasteiger partial charge in [-0.1, -0.05) is 23.7 Å². The second-order valence-electron chi connectivity index (χ2n) is 6.22. The Balaban J connectivity index is 1.72. The summed E-state index contributed by atoms with van der Waals surface area (Å²) in [5.41, 5.74) is 1.29. The van der Waals surface area contributed by atoms with Crippen molar-refractivity contribution in [2.45, 2.75) is 20.4 Å². The summed E-state index contributed by atoms with van der Waals surface area (Å²) < 4.78 is 5.59. The monoisotopic (exact) mass is 374 g/mol. The van der Waals surface area contributed by atoms with Crippen LogP contribution in [0.1, 0.15) is 17.0 Å². The zero-order valence-corrected chi connectivity index (χ0v) is 15.5. The second kappa shape index (κ2) is 7.31. The smallest absolute Gasteiger partial charge is 0.277 e. The maximum Gasteiger partial charge on any atom is 0.277 e. The lowest BCUT2D eigenvalue weighted by molar-refractivity contribution is -0.117. The number of aromatic nitrogens is 2. The van der Waals surface area contributed by atoms with E-state index < -0.39 is 5.56 Å². The molecule has 0 spiro atoms. The molecule has 0 radical (unpaired) electrons. The summed E-state index contributed by atoms with van der Waals surface area (Å²) >= 11 is 5.88. The highest BCUT2D eigenvalue weighted by molar-refractivity contribution is 6.30. The number of nitrogens with one attached hydrogen (secondary N) is 2. The number of H-pyrrole nitrogens is 1. The molecule has 2 heterocycles. The molecule has 0 aliphatic carbocycles. The predicted octanol–water partition coefficient (Wildman–Crippen LogP) is 2.86. The number of aromatic amines is 1. The molecule has 2 N–H and O–H groups in total. The van der Waals surface area contributed by atoms with E-state index >= 15 is 0 Å². The van der Waals surface area contributed by atoms with Crippen molar-refractivity contribution in [3.63, 3.8) is 0 Å². The molecule has 3 rings (SSSR count). The van der Waals surface area contributed by atoms with E-state index in [4.69, 9.17) is 16.0 Å². The molecule has 0 unspecified atom stereocenters. The first kappa shape index (κ1) is 18.2. The molecule has 0 saturated heterocycles. The standard InChI is InChI=1S/C18H19ClN4O3/c1-10-15-11(2)26-18(16(15)17(25)22-21-10)20-14(24)9-23(3)8-12-4-6-13(19)7-5-12/h4-7H,8-9H2,1-3H3,(H,20,24)(H,22,25). The van der Waals surface area contributed by atoms with Crippen molar-refractivity contribution < 1.29 is 9.21 Å². The number of benzene rings is 1. The number of aryl methyl sites for hydroxylation is 2. The molecule has 0 bridgehead atoms. The van der Waals surface area contributed by atoms with Crippen molar-refractivity contribution >= 4 is 34.2 Å². The summed E-state index contributed by atoms with van der Waals surface area (Å²) in [7, 11) is 1.83. The molecule has 0 saturated carbocycles. The first-order valence-corrected chi connectivity index (χ1v) is 8.44. The molecule has 1 aromatic carbocycles. The van der Waals surface area contributed by atoms with E-state index in [0.717, 1.165) is 5.56 Å². The average Bonchev–Trinajstić information content (AvgIpc) is 2.90. The molecule has 26 heavy (non-hydrogen) atoms. The highest BCUT2D eigenvalue weighted by atomic mass is 35.5. The van der Waals surface area contributed by atoms with Crippen LogP contribution in [0.3, 0.4) is 0 Å². The van der Waals surface area contributed by atoms with Crippen LogP contribution in [0.15, 0.2) is 33.5 Å². The first-order valence-electron chi connectivity index (χ1n) is 8.06. The number of likely N-dealkylation sites (N-methyl/N-ethyl adjacent to an activating group) is 1. The van der Waals surface area contributed by atoms with Gasteiger partial charge in [0, 0.05) is 11.6 Å². The van der Waals surface area contributed by atoms with Crippen LogP contribution in [0, 0.1) is 13.8 Å². The number of hydrogen-bond acceptors (Lipinski definition) is 5. The fraction of sp³-hybridized carbons (Fsp3) is 0.278. The summed E-state index contributed by atoms with van der Waals surface area (Å²) in [6.45, 7) is 4.24. The number of furan rings is 1. The number of halogens is 1. The van der Waals surface area contributed by atoms with Gasteiger partial charge in [-0.3, -0.25) is 19.8 Å². The van der Waals surface area contributed by atoms with Gasteiger partial charge in [0.25, 0.3) is 5.56 Å². The van der Waals surface area contributed by atoms with Crippen LogP contribution in [0.25, 0.3) is 10.8 Å². The fourth-order valence-electron chi connectivity index (χ4n) is 2.90. The van der Waals surface area contributed by atoms with Crippen molar-refractivity contribution in [3.8, 4) is 0 Å². The molecule has 0 aliphatic heterocycles. The van der Waals surface area contributed by atoms with E-state index in [1.165, 1.54) is 0 Å². The van der Waals surface area contributed by atoms with Gasteiger partial charge < -0.3 is 4.42 Å².